The molecule has 2 N–H and O–H groups in total. The predicted molar refractivity (Wildman–Crippen MR) is 82.8 cm³/mol. The monoisotopic (exact) mass is 305 g/mol. The van der Waals surface area contributed by atoms with Crippen molar-refractivity contribution in [2.45, 2.75) is 13.0 Å². The summed E-state index contributed by atoms with van der Waals surface area (Å²) >= 11 is 0. The van der Waals surface area contributed by atoms with Crippen molar-refractivity contribution in [2.24, 2.45) is 19.8 Å². The van der Waals surface area contributed by atoms with E-state index < -0.39 is 11.2 Å². The van der Waals surface area contributed by atoms with Crippen LogP contribution < -0.4 is 17.0 Å². The maximum absolute atomic E-state index is 12.4. The Morgan fingerprint density at radius 1 is 1.32 bits per heavy atom. The van der Waals surface area contributed by atoms with Crippen molar-refractivity contribution >= 4 is 16.9 Å². The molecule has 2 heterocycles. The van der Waals surface area contributed by atoms with Crippen molar-refractivity contribution in [3.63, 3.8) is 0 Å². The van der Waals surface area contributed by atoms with Gasteiger partial charge in [-0.3, -0.25) is 18.7 Å². The number of aryl methyl sites for hydroxylation is 1. The molecule has 0 fully saturated rings. The summed E-state index contributed by atoms with van der Waals surface area (Å²) in [7, 11) is 4.55. The number of rotatable bonds is 3. The molecule has 0 aliphatic carbocycles. The van der Waals surface area contributed by atoms with Crippen molar-refractivity contribution in [3.05, 3.63) is 38.7 Å². The van der Waals surface area contributed by atoms with E-state index in [2.05, 4.69) is 4.98 Å². The third kappa shape index (κ3) is 2.41. The van der Waals surface area contributed by atoms with Crippen molar-refractivity contribution < 1.29 is 4.79 Å². The van der Waals surface area contributed by atoms with Gasteiger partial charge in [-0.05, 0) is 19.1 Å². The maximum Gasteiger partial charge on any atom is 0.332 e. The zero-order valence-corrected chi connectivity index (χ0v) is 13.0. The molecular weight excluding hydrogens is 286 g/mol. The number of nitrogens with zero attached hydrogens (tertiary/aromatic N) is 4. The van der Waals surface area contributed by atoms with Gasteiger partial charge in [0.1, 0.15) is 11.3 Å². The number of nitrogens with two attached hydrogens (primary N) is 1. The first-order chi connectivity index (χ1) is 10.3. The zero-order chi connectivity index (χ0) is 16.6. The number of amides is 1. The highest BCUT2D eigenvalue weighted by molar-refractivity contribution is 5.94. The molecule has 0 saturated heterocycles. The van der Waals surface area contributed by atoms with Gasteiger partial charge in [-0.1, -0.05) is 0 Å². The number of pyridine rings is 1. The van der Waals surface area contributed by atoms with Crippen LogP contribution in [-0.4, -0.2) is 44.6 Å². The standard InChI is InChI=1S/C14H19N5O3/c1-8(7-15)17(2)13(21)10-6-5-9-11(16-10)18(3)14(22)19(4)12(9)20/h5-6,8H,7,15H2,1-4H3. The summed E-state index contributed by atoms with van der Waals surface area (Å²) in [6, 6.07) is 2.85. The second-order valence-corrected chi connectivity index (χ2v) is 5.27. The highest BCUT2D eigenvalue weighted by Gasteiger charge is 2.19. The topological polar surface area (TPSA) is 103 Å². The Morgan fingerprint density at radius 3 is 2.55 bits per heavy atom. The summed E-state index contributed by atoms with van der Waals surface area (Å²) < 4.78 is 2.26. The van der Waals surface area contributed by atoms with Gasteiger partial charge < -0.3 is 10.6 Å². The fourth-order valence-corrected chi connectivity index (χ4v) is 2.11. The Kier molecular flexibility index (Phi) is 4.14. The summed E-state index contributed by atoms with van der Waals surface area (Å²) in [5.41, 5.74) is 4.98. The lowest BCUT2D eigenvalue weighted by molar-refractivity contribution is 0.0743. The summed E-state index contributed by atoms with van der Waals surface area (Å²) in [5, 5.41) is 0.288. The molecule has 0 saturated carbocycles. The van der Waals surface area contributed by atoms with Gasteiger partial charge in [-0.25, -0.2) is 9.78 Å². The largest absolute Gasteiger partial charge is 0.336 e. The van der Waals surface area contributed by atoms with Gasteiger partial charge in [-0.15, -0.1) is 0 Å². The Morgan fingerprint density at radius 2 is 1.95 bits per heavy atom. The third-order valence-electron chi connectivity index (χ3n) is 3.84. The molecule has 2 rings (SSSR count). The SMILES string of the molecule is CC(CN)N(C)C(=O)c1ccc2c(=O)n(C)c(=O)n(C)c2n1. The first kappa shape index (κ1) is 15.9. The zero-order valence-electron chi connectivity index (χ0n) is 13.0. The molecule has 118 valence electrons. The van der Waals surface area contributed by atoms with Crippen molar-refractivity contribution in [2.75, 3.05) is 13.6 Å². The molecule has 0 radical (unpaired) electrons. The van der Waals surface area contributed by atoms with E-state index in [1.807, 2.05) is 6.92 Å². The average Bonchev–Trinajstić information content (AvgIpc) is 2.55. The van der Waals surface area contributed by atoms with Crippen LogP contribution in [0.2, 0.25) is 0 Å². The van der Waals surface area contributed by atoms with Crippen LogP contribution in [0.3, 0.4) is 0 Å². The highest BCUT2D eigenvalue weighted by atomic mass is 16.2. The minimum absolute atomic E-state index is 0.141. The van der Waals surface area contributed by atoms with Gasteiger partial charge in [-0.2, -0.15) is 0 Å². The first-order valence-electron chi connectivity index (χ1n) is 6.83. The molecule has 0 aliphatic heterocycles. The summed E-state index contributed by atoms with van der Waals surface area (Å²) in [4.78, 5) is 42.1. The van der Waals surface area contributed by atoms with Crippen molar-refractivity contribution in [3.8, 4) is 0 Å². The molecule has 22 heavy (non-hydrogen) atoms. The second-order valence-electron chi connectivity index (χ2n) is 5.27. The molecule has 1 unspecified atom stereocenters. The number of fused-ring (bicyclic) bond motifs is 1. The summed E-state index contributed by atoms with van der Waals surface area (Å²) in [6.07, 6.45) is 0. The minimum atomic E-state index is -0.488. The molecular formula is C14H19N5O3. The third-order valence-corrected chi connectivity index (χ3v) is 3.84. The van der Waals surface area contributed by atoms with Crippen LogP contribution in [0.4, 0.5) is 0 Å². The van der Waals surface area contributed by atoms with Gasteiger partial charge in [0, 0.05) is 33.7 Å². The summed E-state index contributed by atoms with van der Waals surface area (Å²) in [6.45, 7) is 2.15. The lowest BCUT2D eigenvalue weighted by Crippen LogP contribution is -2.40. The maximum atomic E-state index is 12.4. The van der Waals surface area contributed by atoms with E-state index in [1.54, 1.807) is 7.05 Å². The second kappa shape index (κ2) is 5.72. The number of hydrogen-bond acceptors (Lipinski definition) is 5. The fraction of sp³-hybridized carbons (Fsp3) is 0.429. The Balaban J connectivity index is 2.64. The molecule has 0 aliphatic rings. The van der Waals surface area contributed by atoms with Crippen LogP contribution >= 0.6 is 0 Å². The summed E-state index contributed by atoms with van der Waals surface area (Å²) in [5.74, 6) is -0.312. The van der Waals surface area contributed by atoms with E-state index in [0.29, 0.717) is 6.54 Å². The molecule has 2 aromatic heterocycles. The Hall–Kier alpha value is -2.48. The van der Waals surface area contributed by atoms with E-state index in [4.69, 9.17) is 5.73 Å². The van der Waals surface area contributed by atoms with E-state index in [0.717, 1.165) is 4.57 Å². The quantitative estimate of drug-likeness (QED) is 0.787. The number of carbonyl (C=O) groups excluding carboxylic acids is 1. The predicted octanol–water partition coefficient (Wildman–Crippen LogP) is -0.949. The minimum Gasteiger partial charge on any atom is -0.336 e. The molecule has 1 amide bonds. The normalized spacial score (nSPS) is 12.4. The van der Waals surface area contributed by atoms with E-state index in [1.165, 1.54) is 35.7 Å². The molecule has 0 spiro atoms. The van der Waals surface area contributed by atoms with Crippen molar-refractivity contribution in [1.82, 2.24) is 19.0 Å². The molecule has 0 bridgehead atoms. The lowest BCUT2D eigenvalue weighted by atomic mass is 10.2. The molecule has 8 nitrogen and oxygen atoms in total. The average molecular weight is 305 g/mol. The fourth-order valence-electron chi connectivity index (χ4n) is 2.11. The van der Waals surface area contributed by atoms with Gasteiger partial charge in [0.25, 0.3) is 11.5 Å². The van der Waals surface area contributed by atoms with Crippen LogP contribution in [0.1, 0.15) is 17.4 Å². The molecule has 0 aromatic carbocycles. The molecule has 1 atom stereocenters. The lowest BCUT2D eigenvalue weighted by Gasteiger charge is -2.23. The van der Waals surface area contributed by atoms with Crippen LogP contribution in [0.15, 0.2) is 21.7 Å². The van der Waals surface area contributed by atoms with Gasteiger partial charge in [0.05, 0.1) is 5.39 Å². The van der Waals surface area contributed by atoms with Crippen LogP contribution in [-0.2, 0) is 14.1 Å². The van der Waals surface area contributed by atoms with Gasteiger partial charge in [0.15, 0.2) is 0 Å². The molecule has 8 heteroatoms. The van der Waals surface area contributed by atoms with Crippen LogP contribution in [0, 0.1) is 0 Å². The van der Waals surface area contributed by atoms with Gasteiger partial charge in [0.2, 0.25) is 0 Å². The number of carbonyl (C=O) groups is 1. The Bertz CT molecular complexity index is 852. The van der Waals surface area contributed by atoms with Crippen LogP contribution in [0.25, 0.3) is 11.0 Å². The van der Waals surface area contributed by atoms with E-state index in [-0.39, 0.29) is 28.7 Å². The highest BCUT2D eigenvalue weighted by Crippen LogP contribution is 2.09. The number of aromatic nitrogens is 3. The van der Waals surface area contributed by atoms with Crippen molar-refractivity contribution in [1.29, 1.82) is 0 Å². The van der Waals surface area contributed by atoms with E-state index in [9.17, 15) is 14.4 Å². The van der Waals surface area contributed by atoms with Gasteiger partial charge >= 0.3 is 5.69 Å². The number of likely N-dealkylation sites (N-methyl/N-ethyl adjacent to an activating group) is 1. The number of hydrogen-bond donors (Lipinski definition) is 1. The first-order valence-corrected chi connectivity index (χ1v) is 6.83. The molecule has 2 aromatic rings. The van der Waals surface area contributed by atoms with Crippen LogP contribution in [0.5, 0.6) is 0 Å². The van der Waals surface area contributed by atoms with E-state index >= 15 is 0 Å². The smallest absolute Gasteiger partial charge is 0.332 e. The Labute approximate surface area is 126 Å².